The largest absolute Gasteiger partial charge is 0.491 e. The Morgan fingerprint density at radius 3 is 2.38 bits per heavy atom. The van der Waals surface area contributed by atoms with Gasteiger partial charge in [0.25, 0.3) is 5.91 Å². The van der Waals surface area contributed by atoms with Crippen LogP contribution in [0, 0.1) is 0 Å². The fourth-order valence-corrected chi connectivity index (χ4v) is 2.26. The van der Waals surface area contributed by atoms with Crippen LogP contribution in [0.15, 0.2) is 42.5 Å². The van der Waals surface area contributed by atoms with Crippen LogP contribution >= 0.6 is 0 Å². The van der Waals surface area contributed by atoms with Gasteiger partial charge in [0.05, 0.1) is 17.9 Å². The Morgan fingerprint density at radius 2 is 1.77 bits per heavy atom. The molecule has 0 atom stereocenters. The summed E-state index contributed by atoms with van der Waals surface area (Å²) in [6.45, 7) is 4.31. The van der Waals surface area contributed by atoms with Crippen LogP contribution in [0.5, 0.6) is 11.5 Å². The molecule has 0 saturated carbocycles. The van der Waals surface area contributed by atoms with Gasteiger partial charge >= 0.3 is 5.97 Å². The summed E-state index contributed by atoms with van der Waals surface area (Å²) in [5.41, 5.74) is 1.57. The Bertz CT molecular complexity index is 755. The van der Waals surface area contributed by atoms with E-state index in [9.17, 15) is 9.59 Å². The van der Waals surface area contributed by atoms with Gasteiger partial charge in [-0.15, -0.1) is 0 Å². The summed E-state index contributed by atoms with van der Waals surface area (Å²) in [6.07, 6.45) is 1.73. The number of amides is 1. The summed E-state index contributed by atoms with van der Waals surface area (Å²) >= 11 is 0. The molecule has 0 spiro atoms. The molecule has 1 amide bonds. The molecular formula is C20H23NO5. The minimum Gasteiger partial charge on any atom is -0.491 e. The number of aryl methyl sites for hydroxylation is 1. The fraction of sp³-hybridized carbons (Fsp3) is 0.300. The number of carboxylic acid groups (broad SMARTS) is 1. The quantitative estimate of drug-likeness (QED) is 0.714. The summed E-state index contributed by atoms with van der Waals surface area (Å²) in [4.78, 5) is 23.3. The molecule has 26 heavy (non-hydrogen) atoms. The zero-order valence-electron chi connectivity index (χ0n) is 15.0. The molecule has 0 fully saturated rings. The molecule has 0 saturated heterocycles. The second kappa shape index (κ2) is 9.46. The van der Waals surface area contributed by atoms with E-state index in [4.69, 9.17) is 14.6 Å². The molecule has 2 N–H and O–H groups in total. The van der Waals surface area contributed by atoms with Gasteiger partial charge in [0.1, 0.15) is 11.5 Å². The minimum absolute atomic E-state index is 0.0696. The maximum Gasteiger partial charge on any atom is 0.335 e. The van der Waals surface area contributed by atoms with Crippen molar-refractivity contribution in [3.63, 3.8) is 0 Å². The van der Waals surface area contributed by atoms with E-state index in [-0.39, 0.29) is 12.2 Å². The number of hydrogen-bond acceptors (Lipinski definition) is 4. The molecule has 0 aliphatic heterocycles. The van der Waals surface area contributed by atoms with Crippen LogP contribution < -0.4 is 14.8 Å². The molecule has 2 rings (SSSR count). The molecule has 0 aliphatic rings. The SMILES string of the molecule is CCCOc1ccc(C(=O)O)cc1NC(=O)COc1ccc(CC)cc1. The molecule has 0 bridgehead atoms. The highest BCUT2D eigenvalue weighted by atomic mass is 16.5. The van der Waals surface area contributed by atoms with E-state index >= 15 is 0 Å². The zero-order valence-corrected chi connectivity index (χ0v) is 15.0. The summed E-state index contributed by atoms with van der Waals surface area (Å²) < 4.78 is 11.0. The first-order valence-electron chi connectivity index (χ1n) is 8.55. The number of rotatable bonds is 9. The van der Waals surface area contributed by atoms with Crippen molar-refractivity contribution in [3.05, 3.63) is 53.6 Å². The maximum absolute atomic E-state index is 12.2. The van der Waals surface area contributed by atoms with Gasteiger partial charge in [-0.05, 0) is 48.7 Å². The van der Waals surface area contributed by atoms with Gasteiger partial charge < -0.3 is 19.9 Å². The molecule has 138 valence electrons. The van der Waals surface area contributed by atoms with Crippen LogP contribution in [0.1, 0.15) is 36.2 Å². The first kappa shape index (κ1) is 19.3. The Kier molecular flexibility index (Phi) is 7.02. The average Bonchev–Trinajstić information content (AvgIpc) is 2.65. The Morgan fingerprint density at radius 1 is 1.04 bits per heavy atom. The van der Waals surface area contributed by atoms with E-state index in [1.54, 1.807) is 6.07 Å². The summed E-state index contributed by atoms with van der Waals surface area (Å²) in [5, 5.41) is 11.8. The van der Waals surface area contributed by atoms with E-state index in [1.165, 1.54) is 17.7 Å². The van der Waals surface area contributed by atoms with Crippen molar-refractivity contribution in [1.82, 2.24) is 0 Å². The monoisotopic (exact) mass is 357 g/mol. The smallest absolute Gasteiger partial charge is 0.335 e. The lowest BCUT2D eigenvalue weighted by molar-refractivity contribution is -0.118. The average molecular weight is 357 g/mol. The van der Waals surface area contributed by atoms with Crippen LogP contribution in [0.2, 0.25) is 0 Å². The van der Waals surface area contributed by atoms with Crippen molar-refractivity contribution in [3.8, 4) is 11.5 Å². The highest BCUT2D eigenvalue weighted by Crippen LogP contribution is 2.26. The van der Waals surface area contributed by atoms with Crippen LogP contribution in [0.4, 0.5) is 5.69 Å². The lowest BCUT2D eigenvalue weighted by Crippen LogP contribution is -2.21. The third-order valence-corrected chi connectivity index (χ3v) is 3.66. The number of nitrogens with one attached hydrogen (secondary N) is 1. The van der Waals surface area contributed by atoms with Crippen molar-refractivity contribution in [1.29, 1.82) is 0 Å². The normalized spacial score (nSPS) is 10.2. The summed E-state index contributed by atoms with van der Waals surface area (Å²) in [7, 11) is 0. The van der Waals surface area contributed by atoms with Crippen LogP contribution in [0.3, 0.4) is 0 Å². The molecule has 0 unspecified atom stereocenters. The molecule has 0 aromatic heterocycles. The number of carboxylic acids is 1. The predicted octanol–water partition coefficient (Wildman–Crippen LogP) is 3.75. The molecule has 6 nitrogen and oxygen atoms in total. The molecule has 6 heteroatoms. The second-order valence-electron chi connectivity index (χ2n) is 5.70. The van der Waals surface area contributed by atoms with Gasteiger partial charge in [0.2, 0.25) is 0 Å². The number of hydrogen-bond donors (Lipinski definition) is 2. The predicted molar refractivity (Wildman–Crippen MR) is 99.1 cm³/mol. The number of aromatic carboxylic acids is 1. The van der Waals surface area contributed by atoms with Crippen molar-refractivity contribution in [2.75, 3.05) is 18.5 Å². The van der Waals surface area contributed by atoms with E-state index in [2.05, 4.69) is 12.2 Å². The van der Waals surface area contributed by atoms with E-state index in [0.717, 1.165) is 12.8 Å². The number of carbonyl (C=O) groups is 2. The van der Waals surface area contributed by atoms with Crippen molar-refractivity contribution in [2.24, 2.45) is 0 Å². The fourth-order valence-electron chi connectivity index (χ4n) is 2.26. The highest BCUT2D eigenvalue weighted by Gasteiger charge is 2.13. The van der Waals surface area contributed by atoms with E-state index < -0.39 is 11.9 Å². The minimum atomic E-state index is -1.07. The van der Waals surface area contributed by atoms with E-state index in [0.29, 0.717) is 23.8 Å². The standard InChI is InChI=1S/C20H23NO5/c1-3-11-25-18-10-7-15(20(23)24)12-17(18)21-19(22)13-26-16-8-5-14(4-2)6-9-16/h5-10,12H,3-4,11,13H2,1-2H3,(H,21,22)(H,23,24). The zero-order chi connectivity index (χ0) is 18.9. The van der Waals surface area contributed by atoms with Gasteiger partial charge in [-0.3, -0.25) is 4.79 Å². The first-order chi connectivity index (χ1) is 12.5. The number of anilines is 1. The summed E-state index contributed by atoms with van der Waals surface area (Å²) in [5.74, 6) is -0.445. The topological polar surface area (TPSA) is 84.9 Å². The Labute approximate surface area is 152 Å². The number of carbonyl (C=O) groups excluding carboxylic acids is 1. The van der Waals surface area contributed by atoms with Crippen LogP contribution in [0.25, 0.3) is 0 Å². The molecule has 2 aromatic carbocycles. The van der Waals surface area contributed by atoms with Gasteiger partial charge in [-0.25, -0.2) is 4.79 Å². The third-order valence-electron chi connectivity index (χ3n) is 3.66. The first-order valence-corrected chi connectivity index (χ1v) is 8.55. The Balaban J connectivity index is 2.03. The van der Waals surface area contributed by atoms with E-state index in [1.807, 2.05) is 31.2 Å². The Hall–Kier alpha value is -3.02. The second-order valence-corrected chi connectivity index (χ2v) is 5.70. The van der Waals surface area contributed by atoms with Gasteiger partial charge in [-0.2, -0.15) is 0 Å². The van der Waals surface area contributed by atoms with Crippen LogP contribution in [-0.4, -0.2) is 30.2 Å². The highest BCUT2D eigenvalue weighted by molar-refractivity contribution is 5.96. The molecule has 0 heterocycles. The van der Waals surface area contributed by atoms with Crippen molar-refractivity contribution < 1.29 is 24.2 Å². The van der Waals surface area contributed by atoms with Gasteiger partial charge in [0, 0.05) is 0 Å². The number of benzene rings is 2. The maximum atomic E-state index is 12.2. The summed E-state index contributed by atoms with van der Waals surface area (Å²) in [6, 6.07) is 11.9. The lowest BCUT2D eigenvalue weighted by Gasteiger charge is -2.13. The van der Waals surface area contributed by atoms with Crippen LogP contribution in [-0.2, 0) is 11.2 Å². The van der Waals surface area contributed by atoms with Gasteiger partial charge in [-0.1, -0.05) is 26.0 Å². The van der Waals surface area contributed by atoms with Crippen molar-refractivity contribution in [2.45, 2.75) is 26.7 Å². The number of ether oxygens (including phenoxy) is 2. The molecular weight excluding hydrogens is 334 g/mol. The van der Waals surface area contributed by atoms with Gasteiger partial charge in [0.15, 0.2) is 6.61 Å². The third kappa shape index (κ3) is 5.51. The molecule has 0 radical (unpaired) electrons. The van der Waals surface area contributed by atoms with Crippen molar-refractivity contribution >= 4 is 17.6 Å². The lowest BCUT2D eigenvalue weighted by atomic mass is 10.2. The molecule has 0 aliphatic carbocycles. The molecule has 2 aromatic rings.